The highest BCUT2D eigenvalue weighted by molar-refractivity contribution is 5.93. The molecule has 3 aliphatic heterocycles. The van der Waals surface area contributed by atoms with Crippen molar-refractivity contribution in [2.24, 2.45) is 5.92 Å². The fourth-order valence-electron chi connectivity index (χ4n) is 6.89. The lowest BCUT2D eigenvalue weighted by molar-refractivity contribution is -0.276. The van der Waals surface area contributed by atoms with Crippen molar-refractivity contribution >= 4 is 29.2 Å². The Kier molecular flexibility index (Phi) is 9.88. The maximum absolute atomic E-state index is 13.2. The Morgan fingerprint density at radius 3 is 2.28 bits per heavy atom. The molecule has 3 heterocycles. The minimum atomic E-state index is -1.02. The first kappa shape index (κ1) is 32.6. The third-order valence-electron chi connectivity index (χ3n) is 9.68. The molecule has 3 aromatic rings. The summed E-state index contributed by atoms with van der Waals surface area (Å²) in [5.74, 6) is -1.29. The Hall–Kier alpha value is -4.29. The number of piperidine rings is 1. The zero-order valence-corrected chi connectivity index (χ0v) is 26.5. The van der Waals surface area contributed by atoms with Gasteiger partial charge in [-0.3, -0.25) is 14.4 Å². The average molecular weight is 643 g/mol. The number of likely N-dealkylation sites (tertiary alicyclic amines) is 1. The van der Waals surface area contributed by atoms with E-state index in [1.165, 1.54) is 0 Å². The predicted octanol–water partition coefficient (Wildman–Crippen LogP) is 4.20. The number of hydrogen-bond donors (Lipinski definition) is 4. The molecule has 47 heavy (non-hydrogen) atoms. The van der Waals surface area contributed by atoms with Gasteiger partial charge in [0.05, 0.1) is 31.9 Å². The molecule has 4 atom stereocenters. The Bertz CT molecular complexity index is 1540. The van der Waals surface area contributed by atoms with E-state index < -0.39 is 17.8 Å². The second-order valence-corrected chi connectivity index (χ2v) is 12.6. The van der Waals surface area contributed by atoms with E-state index in [1.807, 2.05) is 54.6 Å². The average Bonchev–Trinajstić information content (AvgIpc) is 3.41. The summed E-state index contributed by atoms with van der Waals surface area (Å²) in [6, 6.07) is 25.1. The monoisotopic (exact) mass is 642 g/mol. The topological polar surface area (TPSA) is 141 Å². The molecule has 0 aromatic heterocycles. The van der Waals surface area contributed by atoms with Crippen LogP contribution >= 0.6 is 0 Å². The summed E-state index contributed by atoms with van der Waals surface area (Å²) in [7, 11) is 0. The van der Waals surface area contributed by atoms with E-state index >= 15 is 0 Å². The number of carboxylic acids is 1. The quantitative estimate of drug-likeness (QED) is 0.256. The molecule has 0 saturated carbocycles. The van der Waals surface area contributed by atoms with E-state index in [-0.39, 0.29) is 49.4 Å². The van der Waals surface area contributed by atoms with Crippen LogP contribution in [0.2, 0.25) is 0 Å². The molecule has 11 heteroatoms. The molecule has 1 spiro atoms. The highest BCUT2D eigenvalue weighted by atomic mass is 16.7. The van der Waals surface area contributed by atoms with Crippen LogP contribution in [0.3, 0.4) is 0 Å². The van der Waals surface area contributed by atoms with Gasteiger partial charge in [0.25, 0.3) is 0 Å². The predicted molar refractivity (Wildman–Crippen MR) is 175 cm³/mol. The standard InChI is InChI=1S/C36H42N4O7/c1-24-30(21-39-19-17-36(18-20-39)35(45)37-23-40(36)29-5-3-2-4-6-29)46-34(47-33(24)26-9-7-25(22-41)8-10-26)27-11-13-28(14-12-27)38-31(42)15-16-32(43)44/h2-14,24,30,33-34,41H,15-23H2,1H3,(H,37,45)(H,38,42)(H,43,44). The van der Waals surface area contributed by atoms with Crippen molar-refractivity contribution in [2.45, 2.75) is 63.3 Å². The maximum Gasteiger partial charge on any atom is 0.303 e. The van der Waals surface area contributed by atoms with Gasteiger partial charge >= 0.3 is 5.97 Å². The van der Waals surface area contributed by atoms with E-state index in [9.17, 15) is 19.5 Å². The molecule has 0 bridgehead atoms. The zero-order chi connectivity index (χ0) is 33.0. The smallest absolute Gasteiger partial charge is 0.303 e. The summed E-state index contributed by atoms with van der Waals surface area (Å²) in [5, 5.41) is 24.2. The lowest BCUT2D eigenvalue weighted by Crippen LogP contribution is -2.57. The third kappa shape index (κ3) is 7.18. The number of rotatable bonds is 10. The van der Waals surface area contributed by atoms with Crippen molar-refractivity contribution in [2.75, 3.05) is 36.5 Å². The van der Waals surface area contributed by atoms with Crippen molar-refractivity contribution in [1.82, 2.24) is 10.2 Å². The first-order chi connectivity index (χ1) is 22.8. The molecule has 4 N–H and O–H groups in total. The largest absolute Gasteiger partial charge is 0.481 e. The number of nitrogens with one attached hydrogen (secondary N) is 2. The number of carbonyl (C=O) groups excluding carboxylic acids is 2. The molecule has 3 fully saturated rings. The molecule has 2 amide bonds. The third-order valence-corrected chi connectivity index (χ3v) is 9.68. The van der Waals surface area contributed by atoms with Gasteiger partial charge in [0.1, 0.15) is 5.54 Å². The summed E-state index contributed by atoms with van der Waals surface area (Å²) >= 11 is 0. The van der Waals surface area contributed by atoms with Crippen LogP contribution < -0.4 is 15.5 Å². The Morgan fingerprint density at radius 2 is 1.62 bits per heavy atom. The molecule has 0 aliphatic carbocycles. The van der Waals surface area contributed by atoms with Crippen molar-refractivity contribution in [3.8, 4) is 0 Å². The molecule has 11 nitrogen and oxygen atoms in total. The van der Waals surface area contributed by atoms with Crippen LogP contribution in [0.4, 0.5) is 11.4 Å². The van der Waals surface area contributed by atoms with Gasteiger partial charge < -0.3 is 40.1 Å². The van der Waals surface area contributed by atoms with Gasteiger partial charge in [-0.15, -0.1) is 0 Å². The molecule has 6 rings (SSSR count). The first-order valence-corrected chi connectivity index (χ1v) is 16.2. The molecule has 0 radical (unpaired) electrons. The number of benzene rings is 3. The summed E-state index contributed by atoms with van der Waals surface area (Å²) < 4.78 is 13.2. The fourth-order valence-corrected chi connectivity index (χ4v) is 6.89. The van der Waals surface area contributed by atoms with Gasteiger partial charge in [0.15, 0.2) is 6.29 Å². The number of carboxylic acid groups (broad SMARTS) is 1. The van der Waals surface area contributed by atoms with E-state index in [4.69, 9.17) is 14.6 Å². The van der Waals surface area contributed by atoms with E-state index in [2.05, 4.69) is 39.5 Å². The zero-order valence-electron chi connectivity index (χ0n) is 26.5. The number of anilines is 2. The highest BCUT2D eigenvalue weighted by Crippen LogP contribution is 2.43. The molecule has 248 valence electrons. The molecule has 3 aliphatic rings. The molecule has 3 aromatic carbocycles. The minimum absolute atomic E-state index is 0.00510. The van der Waals surface area contributed by atoms with Gasteiger partial charge in [-0.25, -0.2) is 0 Å². The Labute approximate surface area is 274 Å². The van der Waals surface area contributed by atoms with Gasteiger partial charge in [-0.2, -0.15) is 0 Å². The van der Waals surface area contributed by atoms with Crippen LogP contribution in [0.1, 0.15) is 61.7 Å². The minimum Gasteiger partial charge on any atom is -0.481 e. The lowest BCUT2D eigenvalue weighted by Gasteiger charge is -2.46. The van der Waals surface area contributed by atoms with Crippen LogP contribution in [-0.2, 0) is 30.5 Å². The number of aliphatic hydroxyl groups is 1. The lowest BCUT2D eigenvalue weighted by atomic mass is 9.84. The van der Waals surface area contributed by atoms with E-state index in [0.717, 1.165) is 35.5 Å². The number of carbonyl (C=O) groups is 3. The number of aliphatic hydroxyl groups excluding tert-OH is 1. The van der Waals surface area contributed by atoms with E-state index in [0.29, 0.717) is 31.7 Å². The first-order valence-electron chi connectivity index (χ1n) is 16.2. The van der Waals surface area contributed by atoms with Crippen LogP contribution in [0.5, 0.6) is 0 Å². The van der Waals surface area contributed by atoms with Crippen molar-refractivity contribution in [3.63, 3.8) is 0 Å². The van der Waals surface area contributed by atoms with Gasteiger partial charge in [0.2, 0.25) is 11.8 Å². The molecular formula is C36H42N4O7. The van der Waals surface area contributed by atoms with E-state index in [1.54, 1.807) is 12.1 Å². The second kappa shape index (κ2) is 14.2. The second-order valence-electron chi connectivity index (χ2n) is 12.6. The maximum atomic E-state index is 13.2. The van der Waals surface area contributed by atoms with Crippen LogP contribution in [-0.4, -0.2) is 70.8 Å². The highest BCUT2D eigenvalue weighted by Gasteiger charge is 2.51. The number of para-hydroxylation sites is 1. The summed E-state index contributed by atoms with van der Waals surface area (Å²) in [4.78, 5) is 40.7. The SMILES string of the molecule is CC1C(CN2CCC3(CC2)C(=O)NCN3c2ccccc2)OC(c2ccc(NC(=O)CCC(=O)O)cc2)OC1c1ccc(CO)cc1. The van der Waals surface area contributed by atoms with Crippen molar-refractivity contribution in [3.05, 3.63) is 95.6 Å². The number of ether oxygens (including phenoxy) is 2. The normalized spacial score (nSPS) is 24.2. The van der Waals surface area contributed by atoms with Crippen LogP contribution in [0.25, 0.3) is 0 Å². The van der Waals surface area contributed by atoms with Crippen molar-refractivity contribution < 1.29 is 34.1 Å². The van der Waals surface area contributed by atoms with Crippen LogP contribution in [0.15, 0.2) is 78.9 Å². The number of aliphatic carboxylic acids is 1. The Morgan fingerprint density at radius 1 is 0.936 bits per heavy atom. The summed E-state index contributed by atoms with van der Waals surface area (Å²) in [6.07, 6.45) is -0.0310. The molecule has 4 unspecified atom stereocenters. The molecular weight excluding hydrogens is 600 g/mol. The number of hydrogen-bond acceptors (Lipinski definition) is 8. The number of amides is 2. The van der Waals surface area contributed by atoms with Gasteiger partial charge in [-0.1, -0.05) is 61.5 Å². The fraction of sp³-hybridized carbons (Fsp3) is 0.417. The van der Waals surface area contributed by atoms with Gasteiger partial charge in [-0.05, 0) is 48.2 Å². The van der Waals surface area contributed by atoms with Crippen molar-refractivity contribution in [1.29, 1.82) is 0 Å². The summed E-state index contributed by atoms with van der Waals surface area (Å²) in [5.41, 5.74) is 3.65. The van der Waals surface area contributed by atoms with Gasteiger partial charge in [0, 0.05) is 48.9 Å². The number of nitrogens with zero attached hydrogens (tertiary/aromatic N) is 2. The summed E-state index contributed by atoms with van der Waals surface area (Å²) in [6.45, 7) is 4.78. The molecule has 3 saturated heterocycles. The van der Waals surface area contributed by atoms with Crippen LogP contribution in [0, 0.1) is 5.92 Å². The Balaban J connectivity index is 1.17.